The smallest absolute Gasteiger partial charge is 0.158 e. The lowest BCUT2D eigenvalue weighted by Crippen LogP contribution is -2.22. The SMILES string of the molecule is CCC(C)c1ncc(COC2CCCCO2)cc1Cl. The van der Waals surface area contributed by atoms with Gasteiger partial charge >= 0.3 is 0 Å². The molecular formula is C15H22ClNO2. The fourth-order valence-electron chi connectivity index (χ4n) is 2.15. The lowest BCUT2D eigenvalue weighted by Gasteiger charge is -2.22. The van der Waals surface area contributed by atoms with Gasteiger partial charge in [-0.2, -0.15) is 0 Å². The van der Waals surface area contributed by atoms with E-state index >= 15 is 0 Å². The van der Waals surface area contributed by atoms with Crippen LogP contribution < -0.4 is 0 Å². The van der Waals surface area contributed by atoms with E-state index < -0.39 is 0 Å². The minimum absolute atomic E-state index is 0.0678. The molecule has 2 rings (SSSR count). The summed E-state index contributed by atoms with van der Waals surface area (Å²) in [6, 6.07) is 1.96. The van der Waals surface area contributed by atoms with Gasteiger partial charge in [0.2, 0.25) is 0 Å². The van der Waals surface area contributed by atoms with Gasteiger partial charge in [0.25, 0.3) is 0 Å². The van der Waals surface area contributed by atoms with E-state index in [2.05, 4.69) is 18.8 Å². The van der Waals surface area contributed by atoms with E-state index in [-0.39, 0.29) is 6.29 Å². The summed E-state index contributed by atoms with van der Waals surface area (Å²) in [7, 11) is 0. The van der Waals surface area contributed by atoms with Gasteiger partial charge in [-0.05, 0) is 43.2 Å². The Labute approximate surface area is 120 Å². The van der Waals surface area contributed by atoms with Crippen molar-refractivity contribution in [2.75, 3.05) is 6.61 Å². The van der Waals surface area contributed by atoms with Crippen LogP contribution in [-0.2, 0) is 16.1 Å². The fourth-order valence-corrected chi connectivity index (χ4v) is 2.53. The molecule has 4 heteroatoms. The number of ether oxygens (including phenoxy) is 2. The van der Waals surface area contributed by atoms with Crippen LogP contribution in [0.1, 0.15) is 56.7 Å². The second-order valence-corrected chi connectivity index (χ2v) is 5.53. The zero-order valence-corrected chi connectivity index (χ0v) is 12.4. The van der Waals surface area contributed by atoms with Gasteiger partial charge in [-0.1, -0.05) is 25.4 Å². The Bertz CT molecular complexity index is 405. The highest BCUT2D eigenvalue weighted by atomic mass is 35.5. The van der Waals surface area contributed by atoms with Gasteiger partial charge in [0.1, 0.15) is 0 Å². The summed E-state index contributed by atoms with van der Waals surface area (Å²) < 4.78 is 11.3. The van der Waals surface area contributed by atoms with Crippen molar-refractivity contribution in [3.05, 3.63) is 28.5 Å². The van der Waals surface area contributed by atoms with Crippen molar-refractivity contribution < 1.29 is 9.47 Å². The van der Waals surface area contributed by atoms with Crippen LogP contribution in [0.2, 0.25) is 5.02 Å². The molecule has 0 saturated carbocycles. The number of pyridine rings is 1. The summed E-state index contributed by atoms with van der Waals surface area (Å²) >= 11 is 6.28. The largest absolute Gasteiger partial charge is 0.353 e. The summed E-state index contributed by atoms with van der Waals surface area (Å²) in [6.45, 7) is 5.59. The third kappa shape index (κ3) is 4.16. The third-order valence-electron chi connectivity index (χ3n) is 3.58. The molecule has 19 heavy (non-hydrogen) atoms. The highest BCUT2D eigenvalue weighted by molar-refractivity contribution is 6.31. The number of hydrogen-bond donors (Lipinski definition) is 0. The quantitative estimate of drug-likeness (QED) is 0.808. The number of nitrogens with zero attached hydrogens (tertiary/aromatic N) is 1. The molecule has 0 aromatic carbocycles. The lowest BCUT2D eigenvalue weighted by molar-refractivity contribution is -0.168. The predicted octanol–water partition coefficient (Wildman–Crippen LogP) is 4.29. The first kappa shape index (κ1) is 14.8. The first-order chi connectivity index (χ1) is 9.20. The normalized spacial score (nSPS) is 21.3. The van der Waals surface area contributed by atoms with Crippen LogP contribution in [0.4, 0.5) is 0 Å². The molecule has 0 aliphatic carbocycles. The topological polar surface area (TPSA) is 31.4 Å². The highest BCUT2D eigenvalue weighted by Crippen LogP contribution is 2.25. The van der Waals surface area contributed by atoms with Crippen LogP contribution in [0.5, 0.6) is 0 Å². The van der Waals surface area contributed by atoms with Gasteiger partial charge in [-0.15, -0.1) is 0 Å². The average molecular weight is 284 g/mol. The first-order valence-corrected chi connectivity index (χ1v) is 7.46. The molecule has 2 heterocycles. The first-order valence-electron chi connectivity index (χ1n) is 7.08. The Balaban J connectivity index is 1.92. The average Bonchev–Trinajstić information content (AvgIpc) is 2.45. The second-order valence-electron chi connectivity index (χ2n) is 5.13. The van der Waals surface area contributed by atoms with E-state index in [4.69, 9.17) is 21.1 Å². The van der Waals surface area contributed by atoms with E-state index in [0.717, 1.165) is 42.1 Å². The van der Waals surface area contributed by atoms with Crippen molar-refractivity contribution in [3.63, 3.8) is 0 Å². The molecule has 0 spiro atoms. The summed E-state index contributed by atoms with van der Waals surface area (Å²) in [5.74, 6) is 0.393. The van der Waals surface area contributed by atoms with Crippen LogP contribution in [0.15, 0.2) is 12.3 Å². The number of halogens is 1. The summed E-state index contributed by atoms with van der Waals surface area (Å²) in [5.41, 5.74) is 1.98. The molecule has 0 bridgehead atoms. The molecule has 1 saturated heterocycles. The molecule has 0 radical (unpaired) electrons. The summed E-state index contributed by atoms with van der Waals surface area (Å²) in [6.07, 6.45) is 6.12. The van der Waals surface area contributed by atoms with Gasteiger partial charge in [0.05, 0.1) is 17.3 Å². The highest BCUT2D eigenvalue weighted by Gasteiger charge is 2.15. The molecule has 1 fully saturated rings. The van der Waals surface area contributed by atoms with Gasteiger partial charge in [0.15, 0.2) is 6.29 Å². The molecule has 1 aromatic rings. The van der Waals surface area contributed by atoms with Crippen molar-refractivity contribution in [3.8, 4) is 0 Å². The van der Waals surface area contributed by atoms with Gasteiger partial charge in [0, 0.05) is 12.8 Å². The van der Waals surface area contributed by atoms with Crippen molar-refractivity contribution >= 4 is 11.6 Å². The molecule has 1 aromatic heterocycles. The maximum Gasteiger partial charge on any atom is 0.158 e. The van der Waals surface area contributed by atoms with E-state index in [1.165, 1.54) is 6.42 Å². The van der Waals surface area contributed by atoms with E-state index in [1.54, 1.807) is 0 Å². The number of rotatable bonds is 5. The predicted molar refractivity (Wildman–Crippen MR) is 76.3 cm³/mol. The second kappa shape index (κ2) is 7.22. The zero-order chi connectivity index (χ0) is 13.7. The van der Waals surface area contributed by atoms with Crippen molar-refractivity contribution in [1.82, 2.24) is 4.98 Å². The molecule has 2 unspecified atom stereocenters. The molecule has 1 aliphatic rings. The standard InChI is InChI=1S/C15H22ClNO2/c1-3-11(2)15-13(16)8-12(9-17-15)10-19-14-6-4-5-7-18-14/h8-9,11,14H,3-7,10H2,1-2H3. The van der Waals surface area contributed by atoms with E-state index in [9.17, 15) is 0 Å². The van der Waals surface area contributed by atoms with E-state index in [0.29, 0.717) is 12.5 Å². The minimum atomic E-state index is -0.0678. The Morgan fingerprint density at radius 2 is 2.37 bits per heavy atom. The Morgan fingerprint density at radius 3 is 3.00 bits per heavy atom. The molecule has 1 aliphatic heterocycles. The fraction of sp³-hybridized carbons (Fsp3) is 0.667. The number of aromatic nitrogens is 1. The Kier molecular flexibility index (Phi) is 5.61. The van der Waals surface area contributed by atoms with Crippen LogP contribution in [-0.4, -0.2) is 17.9 Å². The van der Waals surface area contributed by atoms with Gasteiger partial charge < -0.3 is 9.47 Å². The monoisotopic (exact) mass is 283 g/mol. The minimum Gasteiger partial charge on any atom is -0.353 e. The number of hydrogen-bond acceptors (Lipinski definition) is 3. The molecule has 0 N–H and O–H groups in total. The molecule has 0 amide bonds. The lowest BCUT2D eigenvalue weighted by atomic mass is 10.0. The molecule has 3 nitrogen and oxygen atoms in total. The van der Waals surface area contributed by atoms with Gasteiger partial charge in [-0.3, -0.25) is 4.98 Å². The van der Waals surface area contributed by atoms with E-state index in [1.807, 2.05) is 12.3 Å². The molecule has 2 atom stereocenters. The maximum atomic E-state index is 6.28. The summed E-state index contributed by atoms with van der Waals surface area (Å²) in [5, 5.41) is 0.736. The van der Waals surface area contributed by atoms with Crippen molar-refractivity contribution in [2.24, 2.45) is 0 Å². The van der Waals surface area contributed by atoms with Crippen molar-refractivity contribution in [2.45, 2.75) is 58.3 Å². The summed E-state index contributed by atoms with van der Waals surface area (Å²) in [4.78, 5) is 4.46. The molecule has 106 valence electrons. The van der Waals surface area contributed by atoms with Crippen molar-refractivity contribution in [1.29, 1.82) is 0 Å². The van der Waals surface area contributed by atoms with Gasteiger partial charge in [-0.25, -0.2) is 0 Å². The Morgan fingerprint density at radius 1 is 1.53 bits per heavy atom. The molecular weight excluding hydrogens is 262 g/mol. The van der Waals surface area contributed by atoms with Crippen LogP contribution in [0, 0.1) is 0 Å². The third-order valence-corrected chi connectivity index (χ3v) is 3.88. The van der Waals surface area contributed by atoms with Crippen LogP contribution >= 0.6 is 11.6 Å². The van der Waals surface area contributed by atoms with Crippen LogP contribution in [0.3, 0.4) is 0 Å². The Hall–Kier alpha value is -0.640. The maximum absolute atomic E-state index is 6.28. The van der Waals surface area contributed by atoms with Crippen LogP contribution in [0.25, 0.3) is 0 Å². The zero-order valence-electron chi connectivity index (χ0n) is 11.7.